The summed E-state index contributed by atoms with van der Waals surface area (Å²) in [5.41, 5.74) is 0. The maximum absolute atomic E-state index is 5.53. The molecular formula is C9H17NOS. The summed E-state index contributed by atoms with van der Waals surface area (Å²) in [6.45, 7) is 1.86. The fourth-order valence-corrected chi connectivity index (χ4v) is 2.66. The average Bonchev–Trinajstić information content (AvgIpc) is 2.04. The van der Waals surface area contributed by atoms with Crippen molar-refractivity contribution in [1.29, 1.82) is 0 Å². The molecule has 70 valence electrons. The minimum absolute atomic E-state index is 0.662. The number of morpholine rings is 1. The van der Waals surface area contributed by atoms with Gasteiger partial charge in [-0.2, -0.15) is 12.6 Å². The van der Waals surface area contributed by atoms with Gasteiger partial charge in [0, 0.05) is 12.1 Å². The lowest BCUT2D eigenvalue weighted by Gasteiger charge is -2.46. The van der Waals surface area contributed by atoms with E-state index >= 15 is 0 Å². The van der Waals surface area contributed by atoms with E-state index in [0.717, 1.165) is 24.9 Å². The molecule has 2 bridgehead atoms. The van der Waals surface area contributed by atoms with Crippen LogP contribution in [0.25, 0.3) is 0 Å². The lowest BCUT2D eigenvalue weighted by atomic mass is 9.87. The highest BCUT2D eigenvalue weighted by Crippen LogP contribution is 2.30. The third-order valence-corrected chi connectivity index (χ3v) is 3.76. The van der Waals surface area contributed by atoms with Gasteiger partial charge in [-0.05, 0) is 31.6 Å². The first kappa shape index (κ1) is 8.85. The van der Waals surface area contributed by atoms with E-state index in [9.17, 15) is 0 Å². The standard InChI is InChI=1S/C9H17NOS/c1-10-8-2-7(6-12)3-9(10)5-11-4-8/h7-9,12H,2-6H2,1H3. The van der Waals surface area contributed by atoms with Crippen molar-refractivity contribution in [2.75, 3.05) is 26.0 Å². The predicted octanol–water partition coefficient (Wildman–Crippen LogP) is 1.03. The van der Waals surface area contributed by atoms with Crippen molar-refractivity contribution >= 4 is 12.6 Å². The molecule has 0 aromatic rings. The molecule has 0 amide bonds. The topological polar surface area (TPSA) is 12.5 Å². The van der Waals surface area contributed by atoms with E-state index in [1.165, 1.54) is 12.8 Å². The van der Waals surface area contributed by atoms with Crippen molar-refractivity contribution < 1.29 is 4.74 Å². The van der Waals surface area contributed by atoms with Crippen molar-refractivity contribution in [1.82, 2.24) is 4.90 Å². The van der Waals surface area contributed by atoms with Crippen LogP contribution in [0.3, 0.4) is 0 Å². The first-order chi connectivity index (χ1) is 5.81. The first-order valence-corrected chi connectivity index (χ1v) is 5.35. The minimum Gasteiger partial charge on any atom is -0.378 e. The molecule has 2 unspecified atom stereocenters. The third-order valence-electron chi connectivity index (χ3n) is 3.24. The summed E-state index contributed by atoms with van der Waals surface area (Å²) < 4.78 is 5.53. The van der Waals surface area contributed by atoms with Crippen molar-refractivity contribution in [2.45, 2.75) is 24.9 Å². The summed E-state index contributed by atoms with van der Waals surface area (Å²) in [6.07, 6.45) is 2.55. The summed E-state index contributed by atoms with van der Waals surface area (Å²) in [5.74, 6) is 1.87. The molecule has 2 aliphatic heterocycles. The van der Waals surface area contributed by atoms with Gasteiger partial charge in [-0.15, -0.1) is 0 Å². The molecular weight excluding hydrogens is 170 g/mol. The summed E-state index contributed by atoms with van der Waals surface area (Å²) in [6, 6.07) is 1.32. The van der Waals surface area contributed by atoms with Crippen molar-refractivity contribution in [2.24, 2.45) is 5.92 Å². The van der Waals surface area contributed by atoms with Crippen LogP contribution in [0.1, 0.15) is 12.8 Å². The second-order valence-corrected chi connectivity index (χ2v) is 4.40. The Hall–Kier alpha value is 0.270. The molecule has 3 heteroatoms. The fraction of sp³-hybridized carbons (Fsp3) is 1.00. The highest BCUT2D eigenvalue weighted by atomic mass is 32.1. The fourth-order valence-electron chi connectivity index (χ4n) is 2.36. The van der Waals surface area contributed by atoms with Crippen LogP contribution in [-0.4, -0.2) is 43.0 Å². The molecule has 0 aliphatic carbocycles. The zero-order chi connectivity index (χ0) is 8.55. The van der Waals surface area contributed by atoms with E-state index in [1.54, 1.807) is 0 Å². The Labute approximate surface area is 79.7 Å². The highest BCUT2D eigenvalue weighted by molar-refractivity contribution is 7.80. The maximum Gasteiger partial charge on any atom is 0.0622 e. The number of hydrogen-bond donors (Lipinski definition) is 1. The number of ether oxygens (including phenoxy) is 1. The Morgan fingerprint density at radius 2 is 1.92 bits per heavy atom. The Morgan fingerprint density at radius 1 is 1.33 bits per heavy atom. The van der Waals surface area contributed by atoms with Gasteiger partial charge in [-0.1, -0.05) is 0 Å². The summed E-state index contributed by atoms with van der Waals surface area (Å²) in [7, 11) is 2.23. The number of rotatable bonds is 1. The second-order valence-electron chi connectivity index (χ2n) is 4.03. The second kappa shape index (κ2) is 3.56. The number of fused-ring (bicyclic) bond motifs is 2. The molecule has 0 aromatic carbocycles. The van der Waals surface area contributed by atoms with Gasteiger partial charge in [-0.25, -0.2) is 0 Å². The Bertz CT molecular complexity index is 151. The number of thiol groups is 1. The van der Waals surface area contributed by atoms with Gasteiger partial charge >= 0.3 is 0 Å². The van der Waals surface area contributed by atoms with Gasteiger partial charge in [0.1, 0.15) is 0 Å². The van der Waals surface area contributed by atoms with E-state index in [2.05, 4.69) is 24.6 Å². The van der Waals surface area contributed by atoms with Crippen molar-refractivity contribution in [3.8, 4) is 0 Å². The van der Waals surface area contributed by atoms with Crippen LogP contribution in [0.5, 0.6) is 0 Å². The van der Waals surface area contributed by atoms with Crippen LogP contribution in [-0.2, 0) is 4.74 Å². The largest absolute Gasteiger partial charge is 0.378 e. The molecule has 0 N–H and O–H groups in total. The van der Waals surface area contributed by atoms with Crippen LogP contribution in [0, 0.1) is 5.92 Å². The molecule has 2 heterocycles. The zero-order valence-electron chi connectivity index (χ0n) is 7.57. The molecule has 12 heavy (non-hydrogen) atoms. The maximum atomic E-state index is 5.53. The van der Waals surface area contributed by atoms with E-state index < -0.39 is 0 Å². The monoisotopic (exact) mass is 187 g/mol. The van der Waals surface area contributed by atoms with Crippen molar-refractivity contribution in [3.05, 3.63) is 0 Å². The summed E-state index contributed by atoms with van der Waals surface area (Å²) in [5, 5.41) is 0. The molecule has 0 radical (unpaired) electrons. The third kappa shape index (κ3) is 1.50. The smallest absolute Gasteiger partial charge is 0.0622 e. The molecule has 0 spiro atoms. The normalized spacial score (nSPS) is 43.0. The number of hydrogen-bond acceptors (Lipinski definition) is 3. The molecule has 2 aliphatic rings. The molecule has 0 saturated carbocycles. The number of likely N-dealkylation sites (N-methyl/N-ethyl adjacent to an activating group) is 1. The quantitative estimate of drug-likeness (QED) is 0.615. The summed E-state index contributed by atoms with van der Waals surface area (Å²) in [4.78, 5) is 2.49. The zero-order valence-corrected chi connectivity index (χ0v) is 8.46. The Kier molecular flexibility index (Phi) is 2.63. The minimum atomic E-state index is 0.662. The molecule has 2 fully saturated rings. The van der Waals surface area contributed by atoms with Gasteiger partial charge in [0.15, 0.2) is 0 Å². The predicted molar refractivity (Wildman–Crippen MR) is 52.7 cm³/mol. The van der Waals surface area contributed by atoms with Gasteiger partial charge in [0.25, 0.3) is 0 Å². The van der Waals surface area contributed by atoms with Crippen LogP contribution in [0.15, 0.2) is 0 Å². The van der Waals surface area contributed by atoms with Crippen LogP contribution < -0.4 is 0 Å². The van der Waals surface area contributed by atoms with Gasteiger partial charge < -0.3 is 4.74 Å². The summed E-state index contributed by atoms with van der Waals surface area (Å²) >= 11 is 4.38. The number of nitrogens with zero attached hydrogens (tertiary/aromatic N) is 1. The van der Waals surface area contributed by atoms with E-state index in [4.69, 9.17) is 4.74 Å². The van der Waals surface area contributed by atoms with Gasteiger partial charge in [-0.3, -0.25) is 4.90 Å². The average molecular weight is 187 g/mol. The van der Waals surface area contributed by atoms with Gasteiger partial charge in [0.2, 0.25) is 0 Å². The van der Waals surface area contributed by atoms with Crippen LogP contribution >= 0.6 is 12.6 Å². The molecule has 2 rings (SSSR count). The molecule has 2 atom stereocenters. The van der Waals surface area contributed by atoms with E-state index in [1.807, 2.05) is 0 Å². The van der Waals surface area contributed by atoms with Crippen molar-refractivity contribution in [3.63, 3.8) is 0 Å². The Morgan fingerprint density at radius 3 is 2.42 bits per heavy atom. The van der Waals surface area contributed by atoms with E-state index in [-0.39, 0.29) is 0 Å². The molecule has 2 saturated heterocycles. The lowest BCUT2D eigenvalue weighted by Crippen LogP contribution is -2.55. The number of piperidine rings is 1. The lowest BCUT2D eigenvalue weighted by molar-refractivity contribution is -0.0717. The SMILES string of the molecule is CN1C2COCC1CC(CS)C2. The molecule has 0 aromatic heterocycles. The van der Waals surface area contributed by atoms with Crippen LogP contribution in [0.4, 0.5) is 0 Å². The van der Waals surface area contributed by atoms with Gasteiger partial charge in [0.05, 0.1) is 13.2 Å². The van der Waals surface area contributed by atoms with Crippen LogP contribution in [0.2, 0.25) is 0 Å². The highest BCUT2D eigenvalue weighted by Gasteiger charge is 2.35. The first-order valence-electron chi connectivity index (χ1n) is 4.71. The molecule has 2 nitrogen and oxygen atoms in total. The Balaban J connectivity index is 2.02. The van der Waals surface area contributed by atoms with E-state index in [0.29, 0.717) is 12.1 Å².